The van der Waals surface area contributed by atoms with Gasteiger partial charge in [0.15, 0.2) is 0 Å². The lowest BCUT2D eigenvalue weighted by molar-refractivity contribution is -0.125. The lowest BCUT2D eigenvalue weighted by Gasteiger charge is -2.28. The summed E-state index contributed by atoms with van der Waals surface area (Å²) in [5.74, 6) is -1.61. The molecule has 4 N–H and O–H groups in total. The highest BCUT2D eigenvalue weighted by molar-refractivity contribution is 5.81. The van der Waals surface area contributed by atoms with Crippen LogP contribution in [0.25, 0.3) is 0 Å². The molecule has 0 radical (unpaired) electrons. The number of carbonyl (C=O) groups is 2. The van der Waals surface area contributed by atoms with Crippen LogP contribution in [0.4, 0.5) is 13.6 Å². The second-order valence-corrected chi connectivity index (χ2v) is 10.9. The topological polar surface area (TPSA) is 109 Å². The predicted molar refractivity (Wildman–Crippen MR) is 145 cm³/mol. The van der Waals surface area contributed by atoms with Gasteiger partial charge in [0.2, 0.25) is 5.91 Å². The van der Waals surface area contributed by atoms with Crippen LogP contribution in [0.1, 0.15) is 45.7 Å². The first-order chi connectivity index (χ1) is 18.3. The molecule has 0 bridgehead atoms. The Morgan fingerprint density at radius 1 is 0.974 bits per heavy atom. The number of amides is 2. The zero-order valence-corrected chi connectivity index (χ0v) is 23.3. The van der Waals surface area contributed by atoms with Crippen LogP contribution >= 0.6 is 0 Å². The van der Waals surface area contributed by atoms with Gasteiger partial charge < -0.3 is 30.5 Å². The lowest BCUT2D eigenvalue weighted by atomic mass is 10.0. The van der Waals surface area contributed by atoms with Gasteiger partial charge in [-0.15, -0.1) is 0 Å². The number of nitrogens with one attached hydrogen (secondary N) is 3. The average Bonchev–Trinajstić information content (AvgIpc) is 2.82. The van der Waals surface area contributed by atoms with Crippen molar-refractivity contribution in [1.82, 2.24) is 16.0 Å². The summed E-state index contributed by atoms with van der Waals surface area (Å²) in [6.07, 6.45) is -2.11. The second-order valence-electron chi connectivity index (χ2n) is 10.9. The largest absolute Gasteiger partial charge is 0.444 e. The highest BCUT2D eigenvalue weighted by Gasteiger charge is 2.27. The summed E-state index contributed by atoms with van der Waals surface area (Å²) in [4.78, 5) is 25.3. The maximum absolute atomic E-state index is 13.8. The quantitative estimate of drug-likeness (QED) is 0.286. The summed E-state index contributed by atoms with van der Waals surface area (Å²) in [6.45, 7) is 9.70. The van der Waals surface area contributed by atoms with Crippen LogP contribution in [0.3, 0.4) is 0 Å². The van der Waals surface area contributed by atoms with Gasteiger partial charge in [0.1, 0.15) is 23.3 Å². The Bertz CT molecular complexity index is 1030. The predicted octanol–water partition coefficient (Wildman–Crippen LogP) is 3.71. The number of rotatable bonds is 14. The van der Waals surface area contributed by atoms with Crippen molar-refractivity contribution >= 4 is 12.0 Å². The van der Waals surface area contributed by atoms with Gasteiger partial charge in [0, 0.05) is 19.2 Å². The summed E-state index contributed by atoms with van der Waals surface area (Å²) < 4.78 is 38.7. The highest BCUT2D eigenvalue weighted by atomic mass is 19.1. The fourth-order valence-corrected chi connectivity index (χ4v) is 3.65. The van der Waals surface area contributed by atoms with E-state index >= 15 is 0 Å². The molecule has 2 amide bonds. The van der Waals surface area contributed by atoms with Crippen molar-refractivity contribution in [3.05, 3.63) is 71.3 Å². The smallest absolute Gasteiger partial charge is 0.407 e. The van der Waals surface area contributed by atoms with E-state index in [1.54, 1.807) is 20.8 Å². The van der Waals surface area contributed by atoms with E-state index in [-0.39, 0.29) is 37.0 Å². The molecule has 0 spiro atoms. The molecule has 0 aliphatic heterocycles. The van der Waals surface area contributed by atoms with Crippen molar-refractivity contribution in [1.29, 1.82) is 0 Å². The molecule has 3 atom stereocenters. The van der Waals surface area contributed by atoms with Crippen LogP contribution in [0.15, 0.2) is 48.5 Å². The molecule has 0 unspecified atom stereocenters. The van der Waals surface area contributed by atoms with Crippen molar-refractivity contribution in [2.75, 3.05) is 19.7 Å². The van der Waals surface area contributed by atoms with Crippen LogP contribution in [-0.2, 0) is 27.3 Å². The Kier molecular flexibility index (Phi) is 12.8. The Morgan fingerprint density at radius 3 is 2.21 bits per heavy atom. The number of hydrogen-bond acceptors (Lipinski definition) is 6. The van der Waals surface area contributed by atoms with Gasteiger partial charge in [0.25, 0.3) is 0 Å². The maximum Gasteiger partial charge on any atom is 0.407 e. The molecular formula is C29H41F2N3O5. The number of hydrogen-bond donors (Lipinski definition) is 4. The van der Waals surface area contributed by atoms with E-state index in [0.29, 0.717) is 13.2 Å². The first-order valence-electron chi connectivity index (χ1n) is 13.1. The molecule has 216 valence electrons. The fraction of sp³-hybridized carbons (Fsp3) is 0.517. The van der Waals surface area contributed by atoms with Crippen LogP contribution in [0.2, 0.25) is 0 Å². The summed E-state index contributed by atoms with van der Waals surface area (Å²) in [6, 6.07) is 10.7. The van der Waals surface area contributed by atoms with Gasteiger partial charge in [-0.05, 0) is 56.4 Å². The number of aliphatic hydroxyl groups excluding tert-OH is 1. The van der Waals surface area contributed by atoms with Crippen molar-refractivity contribution in [3.63, 3.8) is 0 Å². The molecule has 0 aliphatic carbocycles. The minimum Gasteiger partial charge on any atom is -0.444 e. The molecule has 10 heteroatoms. The van der Waals surface area contributed by atoms with E-state index in [4.69, 9.17) is 9.47 Å². The number of carbonyl (C=O) groups excluding carboxylic acids is 2. The minimum atomic E-state index is -1.24. The zero-order chi connectivity index (χ0) is 29.0. The van der Waals surface area contributed by atoms with E-state index in [1.807, 2.05) is 44.2 Å². The fourth-order valence-electron chi connectivity index (χ4n) is 3.65. The second kappa shape index (κ2) is 15.5. The molecule has 2 aromatic carbocycles. The highest BCUT2D eigenvalue weighted by Crippen LogP contribution is 2.13. The Labute approximate surface area is 229 Å². The van der Waals surface area contributed by atoms with E-state index in [9.17, 15) is 23.5 Å². The monoisotopic (exact) mass is 549 g/mol. The van der Waals surface area contributed by atoms with Crippen LogP contribution < -0.4 is 16.0 Å². The van der Waals surface area contributed by atoms with Crippen LogP contribution in [0.5, 0.6) is 0 Å². The van der Waals surface area contributed by atoms with Crippen LogP contribution in [-0.4, -0.2) is 60.6 Å². The number of halogens is 2. The number of benzene rings is 2. The van der Waals surface area contributed by atoms with E-state index in [0.717, 1.165) is 23.8 Å². The number of ether oxygens (including phenoxy) is 2. The van der Waals surface area contributed by atoms with Crippen molar-refractivity contribution in [2.24, 2.45) is 5.92 Å². The average molecular weight is 550 g/mol. The molecule has 0 fully saturated rings. The SMILES string of the molecule is CC(C)CNC(=O)[C@H](COCc1ccccc1)NC[C@@H](O)[C@H](Cc1cc(F)cc(F)c1)NC(=O)OC(C)(C)C. The summed E-state index contributed by atoms with van der Waals surface area (Å²) >= 11 is 0. The number of aliphatic hydroxyl groups is 1. The summed E-state index contributed by atoms with van der Waals surface area (Å²) in [5.41, 5.74) is 0.395. The molecule has 0 saturated heterocycles. The molecule has 8 nitrogen and oxygen atoms in total. The first kappa shape index (κ1) is 32.1. The molecule has 39 heavy (non-hydrogen) atoms. The Morgan fingerprint density at radius 2 is 1.62 bits per heavy atom. The Balaban J connectivity index is 2.11. The third kappa shape index (κ3) is 13.0. The molecular weight excluding hydrogens is 508 g/mol. The van der Waals surface area contributed by atoms with E-state index in [1.165, 1.54) is 0 Å². The lowest BCUT2D eigenvalue weighted by Crippen LogP contribution is -2.54. The van der Waals surface area contributed by atoms with Gasteiger partial charge in [-0.3, -0.25) is 4.79 Å². The third-order valence-corrected chi connectivity index (χ3v) is 5.52. The van der Waals surface area contributed by atoms with Crippen molar-refractivity contribution < 1.29 is 33.0 Å². The Hall–Kier alpha value is -3.08. The van der Waals surface area contributed by atoms with Crippen molar-refractivity contribution in [2.45, 2.75) is 71.4 Å². The molecule has 0 aliphatic rings. The van der Waals surface area contributed by atoms with Gasteiger partial charge in [0.05, 0.1) is 25.4 Å². The zero-order valence-electron chi connectivity index (χ0n) is 23.3. The first-order valence-corrected chi connectivity index (χ1v) is 13.1. The van der Waals surface area contributed by atoms with Gasteiger partial charge in [-0.1, -0.05) is 44.2 Å². The third-order valence-electron chi connectivity index (χ3n) is 5.52. The van der Waals surface area contributed by atoms with E-state index in [2.05, 4.69) is 16.0 Å². The van der Waals surface area contributed by atoms with Crippen LogP contribution in [0, 0.1) is 17.6 Å². The summed E-state index contributed by atoms with van der Waals surface area (Å²) in [7, 11) is 0. The standard InChI is InChI=1S/C29H41F2N3O5/c1-19(2)15-33-27(36)25(18-38-17-20-9-7-6-8-10-20)32-16-26(35)24(34-28(37)39-29(3,4)5)13-21-11-22(30)14-23(31)12-21/h6-12,14,19,24-26,32,35H,13,15-18H2,1-5H3,(H,33,36)(H,34,37)/t24-,25-,26+/m0/s1. The molecule has 2 rings (SSSR count). The van der Waals surface area contributed by atoms with Gasteiger partial charge in [-0.2, -0.15) is 0 Å². The number of alkyl carbamates (subject to hydrolysis) is 1. The molecule has 0 saturated carbocycles. The van der Waals surface area contributed by atoms with Gasteiger partial charge in [-0.25, -0.2) is 13.6 Å². The molecule has 2 aromatic rings. The normalized spacial score (nSPS) is 14.0. The molecule has 0 aromatic heterocycles. The summed E-state index contributed by atoms with van der Waals surface area (Å²) in [5, 5.41) is 19.5. The molecule has 0 heterocycles. The minimum absolute atomic E-state index is 0.0326. The van der Waals surface area contributed by atoms with E-state index < -0.39 is 41.5 Å². The van der Waals surface area contributed by atoms with Crippen molar-refractivity contribution in [3.8, 4) is 0 Å². The maximum atomic E-state index is 13.8. The van der Waals surface area contributed by atoms with Gasteiger partial charge >= 0.3 is 6.09 Å².